The first kappa shape index (κ1) is 23.5. The number of rotatable bonds is 8. The summed E-state index contributed by atoms with van der Waals surface area (Å²) in [6.45, 7) is 5.52. The van der Waals surface area contributed by atoms with Crippen molar-refractivity contribution < 1.29 is 22.7 Å². The number of carbonyl (C=O) groups is 1. The fourth-order valence-corrected chi connectivity index (χ4v) is 4.54. The summed E-state index contributed by atoms with van der Waals surface area (Å²) in [5.41, 5.74) is 1.40. The lowest BCUT2D eigenvalue weighted by molar-refractivity contribution is 0.0730. The summed E-state index contributed by atoms with van der Waals surface area (Å²) in [5.74, 6) is 6.15. The van der Waals surface area contributed by atoms with Gasteiger partial charge in [0.05, 0.1) is 24.7 Å². The third-order valence-corrected chi connectivity index (χ3v) is 6.74. The minimum atomic E-state index is -3.58. The number of carbonyl (C=O) groups excluding carboxylic acids is 1. The van der Waals surface area contributed by atoms with Crippen molar-refractivity contribution in [2.24, 2.45) is 0 Å². The van der Waals surface area contributed by atoms with E-state index in [1.165, 1.54) is 28.6 Å². The molecule has 168 valence electrons. The summed E-state index contributed by atoms with van der Waals surface area (Å²) < 4.78 is 37.5. The second kappa shape index (κ2) is 11.5. The van der Waals surface area contributed by atoms with Gasteiger partial charge in [-0.2, -0.15) is 4.31 Å². The van der Waals surface area contributed by atoms with Crippen LogP contribution in [0.1, 0.15) is 15.9 Å². The smallest absolute Gasteiger partial charge is 0.252 e. The maximum atomic E-state index is 12.6. The molecule has 1 heterocycles. The molecule has 0 atom stereocenters. The average Bonchev–Trinajstić information content (AvgIpc) is 2.83. The van der Waals surface area contributed by atoms with Gasteiger partial charge < -0.3 is 14.8 Å². The molecule has 1 fully saturated rings. The van der Waals surface area contributed by atoms with Crippen molar-refractivity contribution in [1.29, 1.82) is 0 Å². The molecule has 7 nitrogen and oxygen atoms in total. The second-order valence-electron chi connectivity index (χ2n) is 6.97. The van der Waals surface area contributed by atoms with Crippen LogP contribution in [0.2, 0.25) is 0 Å². The van der Waals surface area contributed by atoms with E-state index in [4.69, 9.17) is 9.47 Å². The zero-order chi connectivity index (χ0) is 22.8. The van der Waals surface area contributed by atoms with E-state index >= 15 is 0 Å². The summed E-state index contributed by atoms with van der Waals surface area (Å²) in [7, 11) is -3.58. The van der Waals surface area contributed by atoms with E-state index in [0.29, 0.717) is 38.3 Å². The third kappa shape index (κ3) is 6.20. The van der Waals surface area contributed by atoms with Gasteiger partial charge >= 0.3 is 0 Å². The van der Waals surface area contributed by atoms with E-state index in [1.807, 2.05) is 30.3 Å². The molecule has 1 aliphatic rings. The van der Waals surface area contributed by atoms with Crippen molar-refractivity contribution >= 4 is 15.9 Å². The predicted molar refractivity (Wildman–Crippen MR) is 122 cm³/mol. The molecule has 1 amide bonds. The molecule has 0 radical (unpaired) electrons. The van der Waals surface area contributed by atoms with Crippen molar-refractivity contribution in [3.05, 3.63) is 72.3 Å². The van der Waals surface area contributed by atoms with Crippen LogP contribution in [-0.4, -0.2) is 58.1 Å². The van der Waals surface area contributed by atoms with Crippen LogP contribution in [0.15, 0.2) is 66.1 Å². The van der Waals surface area contributed by atoms with Gasteiger partial charge in [0, 0.05) is 18.7 Å². The minimum absolute atomic E-state index is 0.157. The molecule has 0 aromatic heterocycles. The maximum Gasteiger partial charge on any atom is 0.252 e. The summed E-state index contributed by atoms with van der Waals surface area (Å²) in [5, 5.41) is 2.69. The van der Waals surface area contributed by atoms with Crippen molar-refractivity contribution in [2.45, 2.75) is 11.3 Å². The third-order valence-electron chi connectivity index (χ3n) is 4.82. The molecule has 8 heteroatoms. The molecule has 1 aliphatic heterocycles. The normalized spacial score (nSPS) is 14.1. The van der Waals surface area contributed by atoms with Gasteiger partial charge in [0.1, 0.15) is 12.4 Å². The van der Waals surface area contributed by atoms with Crippen molar-refractivity contribution in [2.75, 3.05) is 39.5 Å². The highest BCUT2D eigenvalue weighted by atomic mass is 32.2. The van der Waals surface area contributed by atoms with Gasteiger partial charge in [0.25, 0.3) is 5.91 Å². The van der Waals surface area contributed by atoms with Gasteiger partial charge in [0.15, 0.2) is 0 Å². The van der Waals surface area contributed by atoms with Gasteiger partial charge in [-0.1, -0.05) is 36.1 Å². The van der Waals surface area contributed by atoms with E-state index in [-0.39, 0.29) is 24.0 Å². The topological polar surface area (TPSA) is 84.9 Å². The van der Waals surface area contributed by atoms with Crippen LogP contribution in [0, 0.1) is 11.8 Å². The first-order valence-electron chi connectivity index (χ1n) is 10.3. The molecular formula is C24H26N2O5S. The van der Waals surface area contributed by atoms with Gasteiger partial charge in [-0.3, -0.25) is 4.79 Å². The lowest BCUT2D eigenvalue weighted by atomic mass is 10.1. The Kier molecular flexibility index (Phi) is 8.45. The number of morpholine rings is 1. The SMILES string of the molecule is C=CCc1ccccc1OCC#CCNC(=O)c1ccc(S(=O)(=O)N2CCOCC2)cc1. The molecular weight excluding hydrogens is 428 g/mol. The molecule has 0 spiro atoms. The maximum absolute atomic E-state index is 12.6. The van der Waals surface area contributed by atoms with E-state index in [9.17, 15) is 13.2 Å². The summed E-state index contributed by atoms with van der Waals surface area (Å²) in [6, 6.07) is 13.6. The molecule has 0 unspecified atom stereocenters. The highest BCUT2D eigenvalue weighted by Crippen LogP contribution is 2.19. The molecule has 2 aromatic rings. The second-order valence-corrected chi connectivity index (χ2v) is 8.90. The van der Waals surface area contributed by atoms with Crippen LogP contribution in [0.25, 0.3) is 0 Å². The molecule has 1 saturated heterocycles. The number of hydrogen-bond acceptors (Lipinski definition) is 5. The Morgan fingerprint density at radius 2 is 1.84 bits per heavy atom. The fourth-order valence-electron chi connectivity index (χ4n) is 3.14. The van der Waals surface area contributed by atoms with Crippen LogP contribution in [0.5, 0.6) is 5.75 Å². The first-order chi connectivity index (χ1) is 15.5. The minimum Gasteiger partial charge on any atom is -0.481 e. The number of sulfonamides is 1. The lowest BCUT2D eigenvalue weighted by Crippen LogP contribution is -2.40. The Morgan fingerprint density at radius 1 is 1.12 bits per heavy atom. The zero-order valence-corrected chi connectivity index (χ0v) is 18.6. The summed E-state index contributed by atoms with van der Waals surface area (Å²) in [4.78, 5) is 12.4. The van der Waals surface area contributed by atoms with Crippen molar-refractivity contribution in [3.63, 3.8) is 0 Å². The number of benzene rings is 2. The number of nitrogens with zero attached hydrogens (tertiary/aromatic N) is 1. The average molecular weight is 455 g/mol. The Bertz CT molecular complexity index is 1100. The predicted octanol–water partition coefficient (Wildman–Crippen LogP) is 2.25. The molecule has 2 aromatic carbocycles. The quantitative estimate of drug-likeness (QED) is 0.489. The standard InChI is InChI=1S/C24H26N2O5S/c1-2-7-20-8-3-4-9-23(20)31-17-6-5-14-25-24(27)21-10-12-22(13-11-21)32(28,29)26-15-18-30-19-16-26/h2-4,8-13H,1,7,14-19H2,(H,25,27). The number of hydrogen-bond donors (Lipinski definition) is 1. The van der Waals surface area contributed by atoms with Crippen LogP contribution in [0.3, 0.4) is 0 Å². The summed E-state index contributed by atoms with van der Waals surface area (Å²) >= 11 is 0. The number of ether oxygens (including phenoxy) is 2. The molecule has 3 rings (SSSR count). The Hall–Kier alpha value is -3.12. The highest BCUT2D eigenvalue weighted by Gasteiger charge is 2.26. The lowest BCUT2D eigenvalue weighted by Gasteiger charge is -2.26. The number of para-hydroxylation sites is 1. The van der Waals surface area contributed by atoms with E-state index < -0.39 is 10.0 Å². The molecule has 0 aliphatic carbocycles. The van der Waals surface area contributed by atoms with Crippen molar-refractivity contribution in [1.82, 2.24) is 9.62 Å². The Balaban J connectivity index is 1.48. The Labute approximate surface area is 189 Å². The van der Waals surface area contributed by atoms with Gasteiger partial charge in [0.2, 0.25) is 10.0 Å². The van der Waals surface area contributed by atoms with Gasteiger partial charge in [-0.05, 0) is 42.3 Å². The molecule has 0 bridgehead atoms. The monoisotopic (exact) mass is 454 g/mol. The number of allylic oxidation sites excluding steroid dienone is 1. The van der Waals surface area contributed by atoms with E-state index in [1.54, 1.807) is 0 Å². The van der Waals surface area contributed by atoms with Crippen molar-refractivity contribution in [3.8, 4) is 17.6 Å². The van der Waals surface area contributed by atoms with Gasteiger partial charge in [-0.15, -0.1) is 6.58 Å². The van der Waals surface area contributed by atoms with Crippen LogP contribution in [0.4, 0.5) is 0 Å². The van der Waals surface area contributed by atoms with E-state index in [0.717, 1.165) is 11.3 Å². The zero-order valence-electron chi connectivity index (χ0n) is 17.7. The largest absolute Gasteiger partial charge is 0.481 e. The highest BCUT2D eigenvalue weighted by molar-refractivity contribution is 7.89. The van der Waals surface area contributed by atoms with Crippen LogP contribution >= 0.6 is 0 Å². The number of nitrogens with one attached hydrogen (secondary N) is 1. The summed E-state index contributed by atoms with van der Waals surface area (Å²) in [6.07, 6.45) is 2.53. The van der Waals surface area contributed by atoms with E-state index in [2.05, 4.69) is 23.7 Å². The van der Waals surface area contributed by atoms with Crippen LogP contribution < -0.4 is 10.1 Å². The fraction of sp³-hybridized carbons (Fsp3) is 0.292. The number of amides is 1. The van der Waals surface area contributed by atoms with Crippen LogP contribution in [-0.2, 0) is 21.2 Å². The Morgan fingerprint density at radius 3 is 2.56 bits per heavy atom. The molecule has 32 heavy (non-hydrogen) atoms. The molecule has 0 saturated carbocycles. The molecule has 1 N–H and O–H groups in total. The first-order valence-corrected chi connectivity index (χ1v) is 11.7. The van der Waals surface area contributed by atoms with Gasteiger partial charge in [-0.25, -0.2) is 8.42 Å².